The molecule has 0 radical (unpaired) electrons. The van der Waals surface area contributed by atoms with E-state index in [1.165, 1.54) is 13.0 Å². The Morgan fingerprint density at radius 3 is 1.72 bits per heavy atom. The van der Waals surface area contributed by atoms with Gasteiger partial charge in [-0.15, -0.1) is 0 Å². The third kappa shape index (κ3) is 20.8. The van der Waals surface area contributed by atoms with Crippen molar-refractivity contribution in [3.63, 3.8) is 0 Å². The van der Waals surface area contributed by atoms with E-state index in [2.05, 4.69) is 47.1 Å². The van der Waals surface area contributed by atoms with Crippen LogP contribution >= 0.6 is 46.4 Å². The smallest absolute Gasteiger partial charge is 0.314 e. The summed E-state index contributed by atoms with van der Waals surface area (Å²) in [4.78, 5) is 28.8. The van der Waals surface area contributed by atoms with Crippen molar-refractivity contribution in [1.82, 2.24) is 40.5 Å². The van der Waals surface area contributed by atoms with E-state index >= 15 is 0 Å². The van der Waals surface area contributed by atoms with Crippen LogP contribution in [0.25, 0.3) is 0 Å². The molecule has 0 bridgehead atoms. The molecule has 2 aliphatic rings. The quantitative estimate of drug-likeness (QED) is 0.0291. The summed E-state index contributed by atoms with van der Waals surface area (Å²) in [6.45, 7) is 12.0. The van der Waals surface area contributed by atoms with E-state index in [0.717, 1.165) is 39.9 Å². The van der Waals surface area contributed by atoms with Crippen molar-refractivity contribution in [2.45, 2.75) is 49.6 Å². The maximum absolute atomic E-state index is 13.1. The summed E-state index contributed by atoms with van der Waals surface area (Å²) in [5, 5.41) is 13.2. The van der Waals surface area contributed by atoms with Gasteiger partial charge in [0.2, 0.25) is 20.0 Å². The second-order valence-electron chi connectivity index (χ2n) is 18.0. The fourth-order valence-electron chi connectivity index (χ4n) is 8.29. The largest absolute Gasteiger partial charge is 0.378 e. The number of hydrogen-bond donors (Lipinski definition) is 6. The van der Waals surface area contributed by atoms with E-state index in [-0.39, 0.29) is 113 Å². The molecule has 2 heterocycles. The van der Waals surface area contributed by atoms with Gasteiger partial charge in [0.1, 0.15) is 0 Å². The van der Waals surface area contributed by atoms with Crippen LogP contribution in [-0.4, -0.2) is 158 Å². The molecule has 75 heavy (non-hydrogen) atoms. The number of fused-ring (bicyclic) bond motifs is 2. The lowest BCUT2D eigenvalue weighted by molar-refractivity contribution is 0.0516. The van der Waals surface area contributed by atoms with Gasteiger partial charge in [0.05, 0.1) is 62.7 Å². The maximum Gasteiger partial charge on any atom is 0.314 e. The molecule has 2 aliphatic heterocycles. The van der Waals surface area contributed by atoms with Crippen molar-refractivity contribution < 1.29 is 45.4 Å². The zero-order valence-electron chi connectivity index (χ0n) is 42.7. The number of likely N-dealkylation sites (N-methyl/N-ethyl adjacent to an activating group) is 2. The summed E-state index contributed by atoms with van der Waals surface area (Å²) in [6, 6.07) is 13.5. The third-order valence-corrected chi connectivity index (χ3v) is 16.3. The van der Waals surface area contributed by atoms with E-state index in [4.69, 9.17) is 65.4 Å². The van der Waals surface area contributed by atoms with E-state index < -0.39 is 20.0 Å². The second kappa shape index (κ2) is 31.5. The highest BCUT2D eigenvalue weighted by molar-refractivity contribution is 7.93. The number of carbonyl (C=O) groups is 2. The summed E-state index contributed by atoms with van der Waals surface area (Å²) in [5.74, 6) is -0.132. The van der Waals surface area contributed by atoms with Crippen molar-refractivity contribution >= 4 is 78.5 Å². The molecular formula is C51H70Cl4N8O10S2. The molecule has 4 amide bonds. The van der Waals surface area contributed by atoms with E-state index in [1.54, 1.807) is 42.5 Å². The number of allylic oxidation sites excluding steroid dienone is 4. The second-order valence-corrected chi connectivity index (χ2v) is 23.4. The van der Waals surface area contributed by atoms with Crippen molar-refractivity contribution in [1.29, 1.82) is 0 Å². The van der Waals surface area contributed by atoms with Crippen LogP contribution in [0.15, 0.2) is 88.7 Å². The number of benzene rings is 3. The Bertz CT molecular complexity index is 2680. The highest BCUT2D eigenvalue weighted by atomic mass is 35.5. The monoisotopic (exact) mass is 1160 g/mol. The predicted molar refractivity (Wildman–Crippen MR) is 296 cm³/mol. The minimum atomic E-state index is -3.79. The van der Waals surface area contributed by atoms with Crippen molar-refractivity contribution in [2.75, 3.05) is 119 Å². The molecule has 0 aromatic heterocycles. The van der Waals surface area contributed by atoms with Gasteiger partial charge < -0.3 is 50.0 Å². The Hall–Kier alpha value is -3.84. The molecule has 18 nitrogen and oxygen atoms in total. The molecule has 0 unspecified atom stereocenters. The Labute approximate surface area is 462 Å². The van der Waals surface area contributed by atoms with Crippen LogP contribution in [-0.2, 0) is 52.1 Å². The number of nitrogens with zero attached hydrogens (tertiary/aromatic N) is 2. The number of rotatable bonds is 31. The first-order valence-corrected chi connectivity index (χ1v) is 29.1. The fraction of sp³-hybridized carbons (Fsp3) is 0.490. The summed E-state index contributed by atoms with van der Waals surface area (Å²) in [7, 11) is -3.50. The molecule has 3 aromatic rings. The molecule has 3 aromatic carbocycles. The van der Waals surface area contributed by atoms with Crippen molar-refractivity contribution in [2.24, 2.45) is 0 Å². The standard InChI is InChI=1S/C51H70Cl4N8O10S2/c1-36(44-32-62(3)34-46-42(44)28-39(52)30-48(46)54)9-7-10-37(2)74(66,67)60-17-21-72-25-23-70-19-15-58-50(64)56-13-5-6-14-57-51(65)59-16-20-71-24-26-73-22-18-61-75(68,69)41-12-8-11-38(27-41)45-33-63(4)35-47-43(45)29-40(53)31-49(47)55/h7-12,27-31,44-45,60-61H,1,5-6,13-26,32-35H2,2-4H3,(H2,56,58,64)(H2,57,59,65)/b9-7-,37-10+/t44-,45+/m1/s1. The lowest BCUT2D eigenvalue weighted by Crippen LogP contribution is -2.39. The molecule has 0 saturated carbocycles. The fourth-order valence-corrected chi connectivity index (χ4v) is 11.3. The van der Waals surface area contributed by atoms with E-state index in [9.17, 15) is 26.4 Å². The van der Waals surface area contributed by atoms with Crippen LogP contribution in [0, 0.1) is 0 Å². The topological polar surface area (TPSA) is 218 Å². The number of halogens is 4. The van der Waals surface area contributed by atoms with Crippen LogP contribution in [0.4, 0.5) is 9.59 Å². The first kappa shape index (κ1) is 62.0. The molecule has 6 N–H and O–H groups in total. The number of ether oxygens (including phenoxy) is 4. The lowest BCUT2D eigenvalue weighted by Gasteiger charge is -2.33. The van der Waals surface area contributed by atoms with Crippen LogP contribution in [0.5, 0.6) is 0 Å². The molecule has 0 spiro atoms. The number of carbonyl (C=O) groups excluding carboxylic acids is 2. The zero-order valence-corrected chi connectivity index (χ0v) is 47.3. The van der Waals surface area contributed by atoms with Crippen LogP contribution < -0.4 is 30.7 Å². The predicted octanol–water partition coefficient (Wildman–Crippen LogP) is 6.77. The highest BCUT2D eigenvalue weighted by Gasteiger charge is 2.29. The summed E-state index contributed by atoms with van der Waals surface area (Å²) in [5.41, 5.74) is 5.68. The number of nitrogens with one attached hydrogen (secondary N) is 6. The normalized spacial score (nSPS) is 16.4. The number of sulfonamides is 2. The molecular weight excluding hydrogens is 1090 g/mol. The number of hydrogen-bond acceptors (Lipinski definition) is 12. The molecule has 0 fully saturated rings. The van der Waals surface area contributed by atoms with Gasteiger partial charge in [-0.25, -0.2) is 35.9 Å². The van der Waals surface area contributed by atoms with E-state index in [0.29, 0.717) is 65.7 Å². The highest BCUT2D eigenvalue weighted by Crippen LogP contribution is 2.40. The SMILES string of the molecule is C=C(/C=C\C=C(/C)S(=O)(=O)NCCOCCOCCNC(=O)NCCCCNC(=O)NCCOCCOCCNS(=O)(=O)c1cccc([C@@H]2CN(C)Cc3c(Cl)cc(Cl)cc32)c1)[C@H]1CN(C)Cc2c(Cl)cc(Cl)cc21. The van der Waals surface area contributed by atoms with Gasteiger partial charge >= 0.3 is 12.1 Å². The number of urea groups is 2. The Morgan fingerprint density at radius 2 is 1.15 bits per heavy atom. The van der Waals surface area contributed by atoms with Crippen LogP contribution in [0.3, 0.4) is 0 Å². The molecule has 0 aliphatic carbocycles. The van der Waals surface area contributed by atoms with Crippen LogP contribution in [0.1, 0.15) is 59.4 Å². The minimum Gasteiger partial charge on any atom is -0.378 e. The van der Waals surface area contributed by atoms with Gasteiger partial charge in [0, 0.05) is 97.4 Å². The van der Waals surface area contributed by atoms with E-state index in [1.807, 2.05) is 32.3 Å². The maximum atomic E-state index is 13.1. The Balaban J connectivity index is 0.790. The average molecular weight is 1160 g/mol. The van der Waals surface area contributed by atoms with Crippen molar-refractivity contribution in [3.8, 4) is 0 Å². The first-order valence-electron chi connectivity index (χ1n) is 24.6. The molecule has 24 heteroatoms. The number of unbranched alkanes of at least 4 members (excludes halogenated alkanes) is 1. The summed E-state index contributed by atoms with van der Waals surface area (Å²) in [6.07, 6.45) is 6.30. The zero-order chi connectivity index (χ0) is 54.4. The Kier molecular flexibility index (Phi) is 26.1. The van der Waals surface area contributed by atoms with Gasteiger partial charge in [-0.2, -0.15) is 0 Å². The number of amides is 4. The van der Waals surface area contributed by atoms with Gasteiger partial charge in [0.15, 0.2) is 0 Å². The van der Waals surface area contributed by atoms with Crippen LogP contribution in [0.2, 0.25) is 20.1 Å². The van der Waals surface area contributed by atoms with Crippen molar-refractivity contribution in [3.05, 3.63) is 132 Å². The van der Waals surface area contributed by atoms with Gasteiger partial charge in [-0.3, -0.25) is 0 Å². The van der Waals surface area contributed by atoms with Gasteiger partial charge in [-0.05, 0) is 110 Å². The molecule has 2 atom stereocenters. The summed E-state index contributed by atoms with van der Waals surface area (Å²) >= 11 is 25.6. The Morgan fingerprint density at radius 1 is 0.653 bits per heavy atom. The molecule has 0 saturated heterocycles. The minimum absolute atomic E-state index is 0.0366. The van der Waals surface area contributed by atoms with Gasteiger partial charge in [0.25, 0.3) is 0 Å². The average Bonchev–Trinajstić information content (AvgIpc) is 3.36. The molecule has 414 valence electrons. The summed E-state index contributed by atoms with van der Waals surface area (Å²) < 4.78 is 78.8. The lowest BCUT2D eigenvalue weighted by atomic mass is 9.85. The first-order chi connectivity index (χ1) is 35.8. The molecule has 5 rings (SSSR count). The van der Waals surface area contributed by atoms with Gasteiger partial charge in [-0.1, -0.05) is 77.3 Å². The third-order valence-electron chi connectivity index (χ3n) is 12.1.